The van der Waals surface area contributed by atoms with Crippen LogP contribution in [0.4, 0.5) is 0 Å². The number of nitrogens with zero attached hydrogens (tertiary/aromatic N) is 2. The van der Waals surface area contributed by atoms with E-state index in [4.69, 9.17) is 0 Å². The molecule has 0 saturated heterocycles. The molecular formula is C11H17N3. The molecule has 14 heavy (non-hydrogen) atoms. The van der Waals surface area contributed by atoms with Gasteiger partial charge in [-0.25, -0.2) is 0 Å². The predicted octanol–water partition coefficient (Wildman–Crippen LogP) is 1.75. The summed E-state index contributed by atoms with van der Waals surface area (Å²) in [4.78, 5) is 0. The zero-order valence-corrected chi connectivity index (χ0v) is 8.61. The SMILES string of the molecule is CCC(NCc1cccnn1)C1CC1. The van der Waals surface area contributed by atoms with E-state index in [0.29, 0.717) is 6.04 Å². The zero-order valence-electron chi connectivity index (χ0n) is 8.61. The molecule has 0 amide bonds. The minimum atomic E-state index is 0.678. The molecule has 2 rings (SSSR count). The van der Waals surface area contributed by atoms with Gasteiger partial charge < -0.3 is 5.32 Å². The Balaban J connectivity index is 1.81. The Kier molecular flexibility index (Phi) is 3.09. The van der Waals surface area contributed by atoms with Gasteiger partial charge >= 0.3 is 0 Å². The molecule has 0 radical (unpaired) electrons. The van der Waals surface area contributed by atoms with Gasteiger partial charge in [0.05, 0.1) is 5.69 Å². The second-order valence-corrected chi connectivity index (χ2v) is 3.95. The van der Waals surface area contributed by atoms with E-state index in [2.05, 4.69) is 22.4 Å². The highest BCUT2D eigenvalue weighted by atomic mass is 15.1. The van der Waals surface area contributed by atoms with E-state index in [1.807, 2.05) is 12.1 Å². The van der Waals surface area contributed by atoms with Gasteiger partial charge in [0.15, 0.2) is 0 Å². The second-order valence-electron chi connectivity index (χ2n) is 3.95. The van der Waals surface area contributed by atoms with Crippen molar-refractivity contribution in [3.63, 3.8) is 0 Å². The van der Waals surface area contributed by atoms with Crippen molar-refractivity contribution in [3.8, 4) is 0 Å². The van der Waals surface area contributed by atoms with Crippen molar-refractivity contribution in [1.82, 2.24) is 15.5 Å². The van der Waals surface area contributed by atoms with Crippen LogP contribution in [0.2, 0.25) is 0 Å². The first-order chi connectivity index (χ1) is 6.90. The van der Waals surface area contributed by atoms with E-state index in [0.717, 1.165) is 18.2 Å². The van der Waals surface area contributed by atoms with Gasteiger partial charge in [0.1, 0.15) is 0 Å². The Morgan fingerprint density at radius 2 is 2.43 bits per heavy atom. The Bertz CT molecular complexity index is 269. The largest absolute Gasteiger partial charge is 0.308 e. The fourth-order valence-electron chi connectivity index (χ4n) is 1.81. The van der Waals surface area contributed by atoms with Crippen LogP contribution in [0, 0.1) is 5.92 Å². The van der Waals surface area contributed by atoms with Crippen molar-refractivity contribution >= 4 is 0 Å². The molecule has 1 saturated carbocycles. The van der Waals surface area contributed by atoms with Crippen LogP contribution in [0.3, 0.4) is 0 Å². The minimum Gasteiger partial charge on any atom is -0.308 e. The van der Waals surface area contributed by atoms with E-state index in [9.17, 15) is 0 Å². The molecule has 1 aromatic rings. The maximum atomic E-state index is 4.05. The fraction of sp³-hybridized carbons (Fsp3) is 0.636. The Morgan fingerprint density at radius 1 is 1.57 bits per heavy atom. The predicted molar refractivity (Wildman–Crippen MR) is 55.7 cm³/mol. The monoisotopic (exact) mass is 191 g/mol. The topological polar surface area (TPSA) is 37.8 Å². The summed E-state index contributed by atoms with van der Waals surface area (Å²) < 4.78 is 0. The molecule has 1 atom stereocenters. The first-order valence-corrected chi connectivity index (χ1v) is 5.40. The Labute approximate surface area is 84.9 Å². The Morgan fingerprint density at radius 3 is 3.00 bits per heavy atom. The molecule has 0 aliphatic heterocycles. The summed E-state index contributed by atoms with van der Waals surface area (Å²) in [5, 5.41) is 11.5. The van der Waals surface area contributed by atoms with Crippen LogP contribution in [-0.2, 0) is 6.54 Å². The third kappa shape index (κ3) is 2.51. The molecular weight excluding hydrogens is 174 g/mol. The van der Waals surface area contributed by atoms with Crippen LogP contribution >= 0.6 is 0 Å². The van der Waals surface area contributed by atoms with Crippen LogP contribution in [-0.4, -0.2) is 16.2 Å². The summed E-state index contributed by atoms with van der Waals surface area (Å²) in [5.74, 6) is 0.914. The third-order valence-electron chi connectivity index (χ3n) is 2.80. The van der Waals surface area contributed by atoms with E-state index in [1.165, 1.54) is 19.3 Å². The molecule has 0 bridgehead atoms. The first-order valence-electron chi connectivity index (χ1n) is 5.40. The molecule has 1 aliphatic rings. The first kappa shape index (κ1) is 9.59. The van der Waals surface area contributed by atoms with E-state index in [1.54, 1.807) is 6.20 Å². The highest BCUT2D eigenvalue weighted by Crippen LogP contribution is 2.33. The highest BCUT2D eigenvalue weighted by Gasteiger charge is 2.29. The normalized spacial score (nSPS) is 18.1. The van der Waals surface area contributed by atoms with Gasteiger partial charge in [0.25, 0.3) is 0 Å². The molecule has 0 aromatic carbocycles. The van der Waals surface area contributed by atoms with Crippen molar-refractivity contribution in [2.75, 3.05) is 0 Å². The third-order valence-corrected chi connectivity index (χ3v) is 2.80. The minimum absolute atomic E-state index is 0.678. The molecule has 1 aliphatic carbocycles. The summed E-state index contributed by atoms with van der Waals surface area (Å²) in [7, 11) is 0. The number of nitrogens with one attached hydrogen (secondary N) is 1. The molecule has 1 aromatic heterocycles. The van der Waals surface area contributed by atoms with Gasteiger partial charge in [0.2, 0.25) is 0 Å². The molecule has 1 heterocycles. The summed E-state index contributed by atoms with van der Waals surface area (Å²) in [6.07, 6.45) is 5.71. The lowest BCUT2D eigenvalue weighted by Crippen LogP contribution is -2.30. The van der Waals surface area contributed by atoms with Gasteiger partial charge in [-0.05, 0) is 37.3 Å². The lowest BCUT2D eigenvalue weighted by molar-refractivity contribution is 0.445. The van der Waals surface area contributed by atoms with Crippen molar-refractivity contribution in [1.29, 1.82) is 0 Å². The van der Waals surface area contributed by atoms with E-state index >= 15 is 0 Å². The molecule has 1 fully saturated rings. The maximum Gasteiger partial charge on any atom is 0.0769 e. The van der Waals surface area contributed by atoms with Crippen molar-refractivity contribution in [3.05, 3.63) is 24.0 Å². The Hall–Kier alpha value is -0.960. The summed E-state index contributed by atoms with van der Waals surface area (Å²) in [5.41, 5.74) is 1.03. The van der Waals surface area contributed by atoms with Gasteiger partial charge in [-0.15, -0.1) is 0 Å². The van der Waals surface area contributed by atoms with Gasteiger partial charge in [-0.1, -0.05) is 6.92 Å². The van der Waals surface area contributed by atoms with Crippen LogP contribution < -0.4 is 5.32 Å². The number of hydrogen-bond donors (Lipinski definition) is 1. The lowest BCUT2D eigenvalue weighted by Gasteiger charge is -2.15. The molecule has 3 heteroatoms. The highest BCUT2D eigenvalue weighted by molar-refractivity contribution is 4.99. The molecule has 1 unspecified atom stereocenters. The van der Waals surface area contributed by atoms with E-state index < -0.39 is 0 Å². The summed E-state index contributed by atoms with van der Waals surface area (Å²) in [6, 6.07) is 4.62. The standard InChI is InChI=1S/C11H17N3/c1-2-11(9-5-6-9)12-8-10-4-3-7-13-14-10/h3-4,7,9,11-12H,2,5-6,8H2,1H3. The van der Waals surface area contributed by atoms with Gasteiger partial charge in [-0.2, -0.15) is 10.2 Å². The van der Waals surface area contributed by atoms with Gasteiger partial charge in [0, 0.05) is 18.8 Å². The number of hydrogen-bond acceptors (Lipinski definition) is 3. The molecule has 1 N–H and O–H groups in total. The molecule has 0 spiro atoms. The molecule has 3 nitrogen and oxygen atoms in total. The summed E-state index contributed by atoms with van der Waals surface area (Å²) >= 11 is 0. The van der Waals surface area contributed by atoms with Gasteiger partial charge in [-0.3, -0.25) is 0 Å². The smallest absolute Gasteiger partial charge is 0.0769 e. The van der Waals surface area contributed by atoms with Crippen LogP contribution in [0.25, 0.3) is 0 Å². The number of rotatable bonds is 5. The second kappa shape index (κ2) is 4.51. The van der Waals surface area contributed by atoms with Crippen molar-refractivity contribution in [2.24, 2.45) is 5.92 Å². The van der Waals surface area contributed by atoms with Crippen molar-refractivity contribution in [2.45, 2.75) is 38.8 Å². The lowest BCUT2D eigenvalue weighted by atomic mass is 10.1. The quantitative estimate of drug-likeness (QED) is 0.770. The summed E-state index contributed by atoms with van der Waals surface area (Å²) in [6.45, 7) is 3.09. The van der Waals surface area contributed by atoms with Crippen LogP contribution in [0.5, 0.6) is 0 Å². The number of aromatic nitrogens is 2. The fourth-order valence-corrected chi connectivity index (χ4v) is 1.81. The zero-order chi connectivity index (χ0) is 9.80. The average Bonchev–Trinajstić information content (AvgIpc) is 3.05. The average molecular weight is 191 g/mol. The van der Waals surface area contributed by atoms with Crippen LogP contribution in [0.1, 0.15) is 31.9 Å². The van der Waals surface area contributed by atoms with Crippen molar-refractivity contribution < 1.29 is 0 Å². The van der Waals surface area contributed by atoms with E-state index in [-0.39, 0.29) is 0 Å². The van der Waals surface area contributed by atoms with Crippen LogP contribution in [0.15, 0.2) is 18.3 Å². The molecule has 76 valence electrons. The maximum absolute atomic E-state index is 4.05.